The van der Waals surface area contributed by atoms with Gasteiger partial charge in [-0.2, -0.15) is 0 Å². The first-order valence-electron chi connectivity index (χ1n) is 8.91. The molecule has 0 fully saturated rings. The maximum atomic E-state index is 5.30. The van der Waals surface area contributed by atoms with Crippen molar-refractivity contribution in [3.05, 3.63) is 73.6 Å². The lowest BCUT2D eigenvalue weighted by Gasteiger charge is -2.34. The van der Waals surface area contributed by atoms with E-state index in [1.807, 2.05) is 44.7 Å². The summed E-state index contributed by atoms with van der Waals surface area (Å²) in [5.74, 6) is 1.49. The van der Waals surface area contributed by atoms with Gasteiger partial charge in [-0.25, -0.2) is 9.98 Å². The van der Waals surface area contributed by atoms with E-state index in [1.165, 1.54) is 6.26 Å². The van der Waals surface area contributed by atoms with Crippen molar-refractivity contribution in [1.29, 1.82) is 0 Å². The van der Waals surface area contributed by atoms with Gasteiger partial charge in [0.15, 0.2) is 11.7 Å². The van der Waals surface area contributed by atoms with E-state index in [1.54, 1.807) is 12.5 Å². The Morgan fingerprint density at radius 3 is 2.93 bits per heavy atom. The number of amidine groups is 2. The van der Waals surface area contributed by atoms with Gasteiger partial charge in [0.25, 0.3) is 0 Å². The molecule has 0 spiro atoms. The zero-order chi connectivity index (χ0) is 19.2. The Morgan fingerprint density at radius 1 is 1.33 bits per heavy atom. The summed E-state index contributed by atoms with van der Waals surface area (Å²) in [6, 6.07) is 8.21. The first kappa shape index (κ1) is 18.5. The Morgan fingerprint density at radius 2 is 2.19 bits per heavy atom. The second kappa shape index (κ2) is 8.40. The second-order valence-electron chi connectivity index (χ2n) is 6.34. The predicted octanol–water partition coefficient (Wildman–Crippen LogP) is 4.10. The molecule has 140 valence electrons. The van der Waals surface area contributed by atoms with E-state index in [4.69, 9.17) is 4.74 Å². The van der Waals surface area contributed by atoms with E-state index in [2.05, 4.69) is 50.7 Å². The van der Waals surface area contributed by atoms with Crippen LogP contribution in [-0.4, -0.2) is 36.7 Å². The molecule has 6 nitrogen and oxygen atoms in total. The lowest BCUT2D eigenvalue weighted by atomic mass is 10.0. The Bertz CT molecular complexity index is 848. The molecule has 0 bridgehead atoms. The number of nitrogens with one attached hydrogen (secondary N) is 1. The van der Waals surface area contributed by atoms with Gasteiger partial charge in [-0.15, -0.1) is 0 Å². The Balaban J connectivity index is 1.84. The van der Waals surface area contributed by atoms with Crippen LogP contribution in [-0.2, 0) is 4.74 Å². The third-order valence-corrected chi connectivity index (χ3v) is 4.38. The summed E-state index contributed by atoms with van der Waals surface area (Å²) in [6.07, 6.45) is 11.6. The van der Waals surface area contributed by atoms with Gasteiger partial charge in [0.1, 0.15) is 0 Å². The number of hydrogen-bond acceptors (Lipinski definition) is 6. The van der Waals surface area contributed by atoms with E-state index >= 15 is 0 Å². The summed E-state index contributed by atoms with van der Waals surface area (Å²) in [7, 11) is 4.04. The van der Waals surface area contributed by atoms with E-state index < -0.39 is 0 Å². The summed E-state index contributed by atoms with van der Waals surface area (Å²) in [4.78, 5) is 13.2. The number of ether oxygens (including phenoxy) is 1. The molecular formula is C21H25N5O. The van der Waals surface area contributed by atoms with Gasteiger partial charge in [0.2, 0.25) is 0 Å². The van der Waals surface area contributed by atoms with Gasteiger partial charge in [0, 0.05) is 44.1 Å². The van der Waals surface area contributed by atoms with E-state index in [9.17, 15) is 0 Å². The maximum Gasteiger partial charge on any atom is 0.176 e. The zero-order valence-corrected chi connectivity index (χ0v) is 16.0. The number of rotatable bonds is 6. The Kier molecular flexibility index (Phi) is 5.76. The van der Waals surface area contributed by atoms with Gasteiger partial charge in [-0.1, -0.05) is 19.6 Å². The number of hydrogen-bond donors (Lipinski definition) is 1. The third kappa shape index (κ3) is 4.11. The molecule has 1 unspecified atom stereocenters. The average Bonchev–Trinajstić information content (AvgIpc) is 2.69. The summed E-state index contributed by atoms with van der Waals surface area (Å²) in [5, 5.41) is 3.39. The number of fused-ring (bicyclic) bond motifs is 1. The molecule has 6 heteroatoms. The smallest absolute Gasteiger partial charge is 0.176 e. The highest BCUT2D eigenvalue weighted by Crippen LogP contribution is 2.24. The minimum absolute atomic E-state index is 0.0270. The topological polar surface area (TPSA) is 52.5 Å². The molecule has 3 rings (SSSR count). The summed E-state index contributed by atoms with van der Waals surface area (Å²) < 4.78 is 5.30. The largest absolute Gasteiger partial charge is 0.473 e. The van der Waals surface area contributed by atoms with Crippen LogP contribution in [0.3, 0.4) is 0 Å². The zero-order valence-electron chi connectivity index (χ0n) is 16.0. The fourth-order valence-corrected chi connectivity index (χ4v) is 2.96. The molecule has 0 saturated heterocycles. The van der Waals surface area contributed by atoms with E-state index in [-0.39, 0.29) is 6.04 Å². The average molecular weight is 363 g/mol. The highest BCUT2D eigenvalue weighted by Gasteiger charge is 2.28. The molecular weight excluding hydrogens is 338 g/mol. The van der Waals surface area contributed by atoms with Crippen LogP contribution in [0.4, 0.5) is 11.4 Å². The molecule has 0 amide bonds. The van der Waals surface area contributed by atoms with Crippen molar-refractivity contribution in [1.82, 2.24) is 4.90 Å². The van der Waals surface area contributed by atoms with E-state index in [0.717, 1.165) is 29.2 Å². The van der Waals surface area contributed by atoms with Crippen molar-refractivity contribution in [2.75, 3.05) is 24.3 Å². The minimum atomic E-state index is 0.0270. The number of anilines is 2. The second-order valence-corrected chi connectivity index (χ2v) is 6.34. The van der Waals surface area contributed by atoms with Crippen molar-refractivity contribution < 1.29 is 4.74 Å². The normalized spacial score (nSPS) is 18.4. The van der Waals surface area contributed by atoms with Crippen molar-refractivity contribution in [2.24, 2.45) is 9.98 Å². The van der Waals surface area contributed by atoms with Gasteiger partial charge in [0.05, 0.1) is 18.6 Å². The molecule has 1 N–H and O–H groups in total. The molecule has 0 saturated carbocycles. The van der Waals surface area contributed by atoms with Gasteiger partial charge in [-0.3, -0.25) is 0 Å². The van der Waals surface area contributed by atoms with Crippen molar-refractivity contribution in [2.45, 2.75) is 19.4 Å². The monoisotopic (exact) mass is 363 g/mol. The molecule has 1 atom stereocenters. The summed E-state index contributed by atoms with van der Waals surface area (Å²) in [6.45, 7) is 5.71. The maximum absolute atomic E-state index is 5.30. The lowest BCUT2D eigenvalue weighted by molar-refractivity contribution is 0.385. The molecule has 2 heterocycles. The minimum Gasteiger partial charge on any atom is -0.473 e. The standard InChI is InChI=1S/C21H25N5O/c1-5-16(15-27-6-2)19-10-11-23-21-20(22-12-13-26(19)21)24-17-8-7-9-18(14-17)25(3)4/h6-15,19H,2,5H2,1,3-4H3,(H,22,24)/b16-15+. The molecule has 0 aromatic heterocycles. The predicted molar refractivity (Wildman–Crippen MR) is 113 cm³/mol. The third-order valence-electron chi connectivity index (χ3n) is 4.38. The lowest BCUT2D eigenvalue weighted by Crippen LogP contribution is -2.45. The van der Waals surface area contributed by atoms with Gasteiger partial charge < -0.3 is 19.9 Å². The fraction of sp³-hybridized carbons (Fsp3) is 0.238. The van der Waals surface area contributed by atoms with Crippen LogP contribution in [0.1, 0.15) is 13.3 Å². The molecule has 0 radical (unpaired) electrons. The molecule has 2 aliphatic rings. The van der Waals surface area contributed by atoms with Crippen LogP contribution < -0.4 is 10.2 Å². The van der Waals surface area contributed by atoms with Crippen LogP contribution >= 0.6 is 0 Å². The Hall–Kier alpha value is -3.28. The molecule has 1 aromatic carbocycles. The first-order chi connectivity index (χ1) is 13.1. The van der Waals surface area contributed by atoms with E-state index in [0.29, 0.717) is 5.84 Å². The number of aliphatic imine (C=N–C) groups is 2. The molecule has 1 aromatic rings. The van der Waals surface area contributed by atoms with Crippen LogP contribution in [0.2, 0.25) is 0 Å². The van der Waals surface area contributed by atoms with Crippen LogP contribution in [0, 0.1) is 0 Å². The van der Waals surface area contributed by atoms with Crippen molar-refractivity contribution in [3.8, 4) is 0 Å². The molecule has 2 aliphatic heterocycles. The highest BCUT2D eigenvalue weighted by molar-refractivity contribution is 6.45. The summed E-state index contributed by atoms with van der Waals surface area (Å²) in [5.41, 5.74) is 3.20. The van der Waals surface area contributed by atoms with Crippen molar-refractivity contribution >= 4 is 23.0 Å². The van der Waals surface area contributed by atoms with Crippen molar-refractivity contribution in [3.63, 3.8) is 0 Å². The van der Waals surface area contributed by atoms with Gasteiger partial charge in [-0.05, 0) is 36.3 Å². The number of nitrogens with zero attached hydrogens (tertiary/aromatic N) is 4. The van der Waals surface area contributed by atoms with Gasteiger partial charge >= 0.3 is 0 Å². The van der Waals surface area contributed by atoms with Crippen LogP contribution in [0.15, 0.2) is 83.6 Å². The van der Waals surface area contributed by atoms with Crippen LogP contribution in [0.25, 0.3) is 0 Å². The molecule has 27 heavy (non-hydrogen) atoms. The summed E-state index contributed by atoms with van der Waals surface area (Å²) >= 11 is 0. The quantitative estimate of drug-likeness (QED) is 0.773. The highest BCUT2D eigenvalue weighted by atomic mass is 16.5. The molecule has 0 aliphatic carbocycles. The number of benzene rings is 1. The Labute approximate surface area is 160 Å². The fourth-order valence-electron chi connectivity index (χ4n) is 2.96. The first-order valence-corrected chi connectivity index (χ1v) is 8.91. The SMILES string of the molecule is C=CO/C=C(\CC)C1C=CN=C2C(Nc3cccc(N(C)C)c3)=NC=CN21. The van der Waals surface area contributed by atoms with Crippen LogP contribution in [0.5, 0.6) is 0 Å².